The van der Waals surface area contributed by atoms with Gasteiger partial charge in [-0.2, -0.15) is 13.2 Å². The summed E-state index contributed by atoms with van der Waals surface area (Å²) >= 11 is 0. The van der Waals surface area contributed by atoms with Gasteiger partial charge in [0.1, 0.15) is 11.9 Å². The number of hydrogen-bond acceptors (Lipinski definition) is 4. The number of aromatic nitrogens is 2. The predicted molar refractivity (Wildman–Crippen MR) is 119 cm³/mol. The van der Waals surface area contributed by atoms with Crippen molar-refractivity contribution in [1.29, 1.82) is 0 Å². The standard InChI is InChI=1S/C24H21F3N4O3/c1-13-6-9-20(22(33)29-13)31-14(2)30-19-8-7-15(10-18(19)23(31)34)12-28-21(32)16-4-3-5-17(11-16)24(25,26)27/h3-5,7-8,10-11,20H,1,6,9,12H2,2H3,(H,28,32)(H,29,33). The van der Waals surface area contributed by atoms with Gasteiger partial charge in [-0.05, 0) is 55.7 Å². The molecule has 2 N–H and O–H groups in total. The van der Waals surface area contributed by atoms with Crippen LogP contribution >= 0.6 is 0 Å². The third kappa shape index (κ3) is 4.57. The highest BCUT2D eigenvalue weighted by Gasteiger charge is 2.31. The van der Waals surface area contributed by atoms with Crippen molar-refractivity contribution in [2.75, 3.05) is 0 Å². The zero-order chi connectivity index (χ0) is 24.6. The van der Waals surface area contributed by atoms with Gasteiger partial charge >= 0.3 is 6.18 Å². The highest BCUT2D eigenvalue weighted by molar-refractivity contribution is 5.94. The summed E-state index contributed by atoms with van der Waals surface area (Å²) in [5, 5.41) is 5.51. The number of nitrogens with one attached hydrogen (secondary N) is 2. The van der Waals surface area contributed by atoms with Crippen molar-refractivity contribution in [3.63, 3.8) is 0 Å². The lowest BCUT2D eigenvalue weighted by atomic mass is 10.0. The smallest absolute Gasteiger partial charge is 0.348 e. The fraction of sp³-hybridized carbons (Fsp3) is 0.250. The first-order valence-corrected chi connectivity index (χ1v) is 10.5. The van der Waals surface area contributed by atoms with Gasteiger partial charge in [0, 0.05) is 17.8 Å². The van der Waals surface area contributed by atoms with Gasteiger partial charge in [0.05, 0.1) is 16.5 Å². The lowest BCUT2D eigenvalue weighted by Gasteiger charge is -2.26. The van der Waals surface area contributed by atoms with Gasteiger partial charge in [0.2, 0.25) is 5.91 Å². The van der Waals surface area contributed by atoms with Gasteiger partial charge in [-0.25, -0.2) is 4.98 Å². The molecule has 1 fully saturated rings. The van der Waals surface area contributed by atoms with E-state index in [1.807, 2.05) is 0 Å². The Bertz CT molecular complexity index is 1380. The van der Waals surface area contributed by atoms with Crippen LogP contribution in [-0.2, 0) is 17.5 Å². The van der Waals surface area contributed by atoms with Gasteiger partial charge in [-0.3, -0.25) is 19.0 Å². The molecule has 10 heteroatoms. The van der Waals surface area contributed by atoms with E-state index < -0.39 is 23.7 Å². The Morgan fingerprint density at radius 2 is 2.00 bits per heavy atom. The van der Waals surface area contributed by atoms with Gasteiger partial charge in [0.15, 0.2) is 0 Å². The SMILES string of the molecule is C=C1CCC(n2c(C)nc3ccc(CNC(=O)c4cccc(C(F)(F)F)c4)cc3c2=O)C(=O)N1. The molecule has 2 heterocycles. The maximum atomic E-state index is 13.2. The molecule has 1 saturated heterocycles. The number of rotatable bonds is 4. The van der Waals surface area contributed by atoms with E-state index in [0.29, 0.717) is 35.4 Å². The average Bonchev–Trinajstić information content (AvgIpc) is 2.78. The normalized spacial score (nSPS) is 16.4. The molecule has 0 aliphatic carbocycles. The van der Waals surface area contributed by atoms with E-state index in [9.17, 15) is 27.6 Å². The molecular formula is C24H21F3N4O3. The second-order valence-corrected chi connectivity index (χ2v) is 8.09. The highest BCUT2D eigenvalue weighted by atomic mass is 19.4. The number of alkyl halides is 3. The second-order valence-electron chi connectivity index (χ2n) is 8.09. The molecule has 2 amide bonds. The number of aryl methyl sites for hydroxylation is 1. The summed E-state index contributed by atoms with van der Waals surface area (Å²) in [7, 11) is 0. The Morgan fingerprint density at radius 3 is 2.71 bits per heavy atom. The van der Waals surface area contributed by atoms with Crippen molar-refractivity contribution in [3.8, 4) is 0 Å². The fourth-order valence-corrected chi connectivity index (χ4v) is 3.96. The number of carbonyl (C=O) groups excluding carboxylic acids is 2. The number of allylic oxidation sites excluding steroid dienone is 1. The summed E-state index contributed by atoms with van der Waals surface area (Å²) in [5.74, 6) is -0.604. The quantitative estimate of drug-likeness (QED) is 0.609. The molecule has 7 nitrogen and oxygen atoms in total. The first kappa shape index (κ1) is 23.2. The first-order chi connectivity index (χ1) is 16.0. The van der Waals surface area contributed by atoms with Crippen molar-refractivity contribution in [3.05, 3.63) is 87.6 Å². The monoisotopic (exact) mass is 470 g/mol. The van der Waals surface area contributed by atoms with Crippen LogP contribution < -0.4 is 16.2 Å². The summed E-state index contributed by atoms with van der Waals surface area (Å²) in [5.41, 5.74) is 0.167. The maximum Gasteiger partial charge on any atom is 0.416 e. The van der Waals surface area contributed by atoms with E-state index in [4.69, 9.17) is 0 Å². The van der Waals surface area contributed by atoms with Gasteiger partial charge < -0.3 is 10.6 Å². The van der Waals surface area contributed by atoms with Gasteiger partial charge in [0.25, 0.3) is 11.5 Å². The minimum absolute atomic E-state index is 0.0118. The molecule has 1 aromatic heterocycles. The van der Waals surface area contributed by atoms with Crippen LogP contribution in [0.25, 0.3) is 10.9 Å². The topological polar surface area (TPSA) is 93.1 Å². The number of amides is 2. The molecule has 1 aliphatic heterocycles. The lowest BCUT2D eigenvalue weighted by Crippen LogP contribution is -2.41. The minimum atomic E-state index is -4.55. The number of hydrogen-bond donors (Lipinski definition) is 2. The van der Waals surface area contributed by atoms with Gasteiger partial charge in [-0.15, -0.1) is 0 Å². The third-order valence-corrected chi connectivity index (χ3v) is 5.68. The van der Waals surface area contributed by atoms with E-state index >= 15 is 0 Å². The van der Waals surface area contributed by atoms with Crippen LogP contribution in [-0.4, -0.2) is 21.4 Å². The first-order valence-electron chi connectivity index (χ1n) is 10.5. The Balaban J connectivity index is 1.59. The van der Waals surface area contributed by atoms with E-state index in [1.54, 1.807) is 25.1 Å². The second kappa shape index (κ2) is 8.77. The molecule has 3 aromatic rings. The van der Waals surface area contributed by atoms with Crippen LogP contribution in [0.2, 0.25) is 0 Å². The van der Waals surface area contributed by atoms with Crippen molar-refractivity contribution in [2.24, 2.45) is 0 Å². The molecule has 34 heavy (non-hydrogen) atoms. The molecule has 4 rings (SSSR count). The minimum Gasteiger partial charge on any atom is -0.348 e. The molecule has 0 saturated carbocycles. The molecular weight excluding hydrogens is 449 g/mol. The average molecular weight is 470 g/mol. The fourth-order valence-electron chi connectivity index (χ4n) is 3.96. The summed E-state index contributed by atoms with van der Waals surface area (Å²) < 4.78 is 40.1. The van der Waals surface area contributed by atoms with Crippen LogP contribution in [0.1, 0.15) is 46.2 Å². The number of nitrogens with zero attached hydrogens (tertiary/aromatic N) is 2. The predicted octanol–water partition coefficient (Wildman–Crippen LogP) is 3.62. The summed E-state index contributed by atoms with van der Waals surface area (Å²) in [6, 6.07) is 8.28. The van der Waals surface area contributed by atoms with Crippen LogP contribution in [0.4, 0.5) is 13.2 Å². The van der Waals surface area contributed by atoms with Crippen LogP contribution in [0.5, 0.6) is 0 Å². The van der Waals surface area contributed by atoms with Crippen molar-refractivity contribution < 1.29 is 22.8 Å². The number of carbonyl (C=O) groups is 2. The molecule has 2 aromatic carbocycles. The molecule has 176 valence electrons. The largest absolute Gasteiger partial charge is 0.416 e. The van der Waals surface area contributed by atoms with Crippen molar-refractivity contribution in [2.45, 2.75) is 38.5 Å². The Kier molecular flexibility index (Phi) is 5.99. The van der Waals surface area contributed by atoms with Gasteiger partial charge in [-0.1, -0.05) is 18.7 Å². The van der Waals surface area contributed by atoms with Crippen LogP contribution in [0.15, 0.2) is 59.5 Å². The molecule has 0 spiro atoms. The van der Waals surface area contributed by atoms with E-state index in [0.717, 1.165) is 12.1 Å². The number of halogens is 3. The zero-order valence-corrected chi connectivity index (χ0v) is 18.2. The number of benzene rings is 2. The van der Waals surface area contributed by atoms with E-state index in [1.165, 1.54) is 16.7 Å². The number of piperidine rings is 1. The molecule has 0 radical (unpaired) electrons. The number of fused-ring (bicyclic) bond motifs is 1. The highest BCUT2D eigenvalue weighted by Crippen LogP contribution is 2.29. The third-order valence-electron chi connectivity index (χ3n) is 5.68. The van der Waals surface area contributed by atoms with Crippen LogP contribution in [0, 0.1) is 6.92 Å². The zero-order valence-electron chi connectivity index (χ0n) is 18.2. The Hall–Kier alpha value is -3.95. The van der Waals surface area contributed by atoms with E-state index in [2.05, 4.69) is 22.2 Å². The van der Waals surface area contributed by atoms with Crippen LogP contribution in [0.3, 0.4) is 0 Å². The molecule has 1 atom stereocenters. The Labute approximate surface area is 192 Å². The summed E-state index contributed by atoms with van der Waals surface area (Å²) in [6.45, 7) is 5.39. The molecule has 0 bridgehead atoms. The lowest BCUT2D eigenvalue weighted by molar-refractivity contribution is -0.137. The van der Waals surface area contributed by atoms with E-state index in [-0.39, 0.29) is 29.0 Å². The van der Waals surface area contributed by atoms with Crippen molar-refractivity contribution >= 4 is 22.7 Å². The summed E-state index contributed by atoms with van der Waals surface area (Å²) in [6.07, 6.45) is -3.59. The van der Waals surface area contributed by atoms with Crippen molar-refractivity contribution in [1.82, 2.24) is 20.2 Å². The molecule has 1 unspecified atom stereocenters. The Morgan fingerprint density at radius 1 is 1.24 bits per heavy atom. The maximum absolute atomic E-state index is 13.2. The molecule has 1 aliphatic rings. The summed E-state index contributed by atoms with van der Waals surface area (Å²) in [4.78, 5) is 42.5.